The standard InChI is InChI=1S/C27H31F3N6O6.C22H22F3N5O2.2C6H11ClO4.C5H12O3.C3H3Cl3O3/c1-4-9-35-24(37)21-23(34(5-2)25(35)38)32-22(36(21)26(39)42-13-12-41-11-10-40-3)19-15-31-33(17-19)16-18-7-6-8-20(14-18)27(28,29)30;1-3-8-30-20(31)17-10-18(27-19(17)29(4-2)21(30)32)15-11-26-28(13-15)12-14-6-5-7-16(9-14)22(23,24)25;2*1-9-2-3-10-4-5-11-6(7)8;1-7-4-5-8-3-2-6;1-8-2(7)9-3(4,5)6/h6-8,14-15,17H,4-5,9-13,16H2,1-3H3;5-7,9,11,13H,3-4,8,10,12H2,1-2H3;2*2-5H2,1H3;6H,2-5H2,1H3;1H3. The number of rotatable bonds is 35. The molecule has 0 unspecified atom stereocenters. The number of fused-ring (bicyclic) bond motifs is 2. The van der Waals surface area contributed by atoms with E-state index in [4.69, 9.17) is 101 Å². The van der Waals surface area contributed by atoms with Crippen LogP contribution in [0.5, 0.6) is 0 Å². The van der Waals surface area contributed by atoms with Gasteiger partial charge in [-0.25, -0.2) is 43.3 Å². The maximum absolute atomic E-state index is 13.5. The molecule has 1 aliphatic heterocycles. The highest BCUT2D eigenvalue weighted by Crippen LogP contribution is 2.32. The van der Waals surface area contributed by atoms with Gasteiger partial charge in [-0.3, -0.25) is 37.2 Å². The van der Waals surface area contributed by atoms with Crippen LogP contribution in [0.2, 0.25) is 0 Å². The van der Waals surface area contributed by atoms with E-state index in [-0.39, 0.29) is 99.4 Å². The molecule has 0 amide bonds. The molecule has 44 heteroatoms. The second kappa shape index (κ2) is 52.2. The normalized spacial score (nSPS) is 11.6. The van der Waals surface area contributed by atoms with Crippen molar-refractivity contribution in [2.75, 3.05) is 141 Å². The van der Waals surface area contributed by atoms with Gasteiger partial charge in [0.1, 0.15) is 25.6 Å². The molecule has 0 saturated heterocycles. The first kappa shape index (κ1) is 98.9. The van der Waals surface area contributed by atoms with Crippen molar-refractivity contribution in [2.24, 2.45) is 4.99 Å². The molecule has 7 aromatic rings. The van der Waals surface area contributed by atoms with Crippen LogP contribution in [0, 0.1) is 0 Å². The van der Waals surface area contributed by atoms with E-state index in [1.807, 2.05) is 20.8 Å². The number of carbonyl (C=O) groups excluding carboxylic acids is 4. The molecule has 630 valence electrons. The predicted octanol–water partition coefficient (Wildman–Crippen LogP) is 10.5. The third kappa shape index (κ3) is 34.8. The molecule has 0 spiro atoms. The van der Waals surface area contributed by atoms with Gasteiger partial charge in [0, 0.05) is 102 Å². The van der Waals surface area contributed by atoms with Gasteiger partial charge in [0.15, 0.2) is 17.0 Å². The fourth-order valence-electron chi connectivity index (χ4n) is 9.57. The van der Waals surface area contributed by atoms with Crippen LogP contribution in [0.3, 0.4) is 0 Å². The Bertz CT molecular complexity index is 4320. The zero-order chi connectivity index (χ0) is 84.3. The summed E-state index contributed by atoms with van der Waals surface area (Å²) < 4.78 is 147. The van der Waals surface area contributed by atoms with E-state index in [0.717, 1.165) is 40.5 Å². The van der Waals surface area contributed by atoms with E-state index >= 15 is 0 Å². The van der Waals surface area contributed by atoms with Crippen LogP contribution in [0.15, 0.2) is 97.5 Å². The molecule has 2 aromatic carbocycles. The Balaban J connectivity index is 0.000000404. The van der Waals surface area contributed by atoms with Crippen molar-refractivity contribution in [1.82, 2.24) is 47.4 Å². The lowest BCUT2D eigenvalue weighted by Crippen LogP contribution is -2.41. The van der Waals surface area contributed by atoms with Crippen molar-refractivity contribution in [2.45, 2.75) is 103 Å². The number of ether oxygens (including phenoxy) is 13. The summed E-state index contributed by atoms with van der Waals surface area (Å²) >= 11 is 24.8. The molecule has 0 saturated carbocycles. The topological polar surface area (TPSA) is 362 Å². The number of alkyl halides is 9. The van der Waals surface area contributed by atoms with E-state index < -0.39 is 61.8 Å². The van der Waals surface area contributed by atoms with Crippen molar-refractivity contribution in [3.63, 3.8) is 0 Å². The summed E-state index contributed by atoms with van der Waals surface area (Å²) in [6.45, 7) is 13.8. The summed E-state index contributed by atoms with van der Waals surface area (Å²) in [5.41, 5.74) is -2.39. The monoisotopic (exact) mass is 1710 g/mol. The maximum atomic E-state index is 13.5. The van der Waals surface area contributed by atoms with Crippen LogP contribution < -0.4 is 22.5 Å². The molecule has 6 heterocycles. The summed E-state index contributed by atoms with van der Waals surface area (Å²) in [7, 11) is 7.42. The molecule has 8 rings (SSSR count). The zero-order valence-corrected chi connectivity index (χ0v) is 67.0. The minimum atomic E-state index is -4.49. The number of aliphatic hydroxyl groups excluding tert-OH is 1. The Labute approximate surface area is 668 Å². The van der Waals surface area contributed by atoms with E-state index in [2.05, 4.69) is 43.9 Å². The number of aliphatic imine (C=N–C) groups is 1. The zero-order valence-electron chi connectivity index (χ0n) is 63.2. The third-order valence-corrected chi connectivity index (χ3v) is 15.0. The number of aryl methyl sites for hydroxylation is 1. The largest absolute Gasteiger partial charge is 0.511 e. The molecule has 113 heavy (non-hydrogen) atoms. The Morgan fingerprint density at radius 1 is 0.540 bits per heavy atom. The van der Waals surface area contributed by atoms with Crippen molar-refractivity contribution >= 4 is 104 Å². The fourth-order valence-corrected chi connectivity index (χ4v) is 9.92. The average molecular weight is 1720 g/mol. The molecule has 1 aliphatic rings. The second-order valence-corrected chi connectivity index (χ2v) is 25.4. The molecular formula is C69H90Cl5F6N11O22. The number of benzene rings is 2. The lowest BCUT2D eigenvalue weighted by Gasteiger charge is -2.11. The quantitative estimate of drug-likeness (QED) is 0.00963. The predicted molar refractivity (Wildman–Crippen MR) is 402 cm³/mol. The van der Waals surface area contributed by atoms with E-state index in [1.54, 1.807) is 46.7 Å². The van der Waals surface area contributed by atoms with Crippen LogP contribution in [0.1, 0.15) is 73.9 Å². The number of methoxy groups -OCH3 is 5. The smallest absolute Gasteiger partial charge is 0.451 e. The summed E-state index contributed by atoms with van der Waals surface area (Å²) in [6, 6.07) is 9.95. The molecule has 0 atom stereocenters. The van der Waals surface area contributed by atoms with Crippen molar-refractivity contribution in [3.8, 4) is 11.4 Å². The van der Waals surface area contributed by atoms with Crippen LogP contribution in [0.25, 0.3) is 22.6 Å². The van der Waals surface area contributed by atoms with Gasteiger partial charge in [0.05, 0.1) is 146 Å². The Kier molecular flexibility index (Phi) is 45.7. The number of hydrogen-bond donors (Lipinski definition) is 1. The highest BCUT2D eigenvalue weighted by molar-refractivity contribution is 6.66. The molecular weight excluding hydrogens is 1630 g/mol. The minimum Gasteiger partial charge on any atom is -0.451 e. The van der Waals surface area contributed by atoms with Crippen LogP contribution in [0.4, 0.5) is 51.3 Å². The summed E-state index contributed by atoms with van der Waals surface area (Å²) in [5, 5.41) is 16.7. The number of hydrogen-bond acceptors (Lipinski definition) is 26. The van der Waals surface area contributed by atoms with Crippen LogP contribution >= 0.6 is 58.0 Å². The Morgan fingerprint density at radius 3 is 1.37 bits per heavy atom. The maximum Gasteiger partial charge on any atom is 0.511 e. The van der Waals surface area contributed by atoms with Gasteiger partial charge in [-0.1, -0.05) is 38.1 Å². The van der Waals surface area contributed by atoms with E-state index in [9.17, 15) is 64.7 Å². The third-order valence-electron chi connectivity index (χ3n) is 14.5. The Morgan fingerprint density at radius 2 is 0.965 bits per heavy atom. The highest BCUT2D eigenvalue weighted by Gasteiger charge is 2.33. The molecule has 0 aliphatic carbocycles. The first-order valence-corrected chi connectivity index (χ1v) is 36.2. The van der Waals surface area contributed by atoms with Gasteiger partial charge in [0.25, 0.3) is 11.1 Å². The van der Waals surface area contributed by atoms with E-state index in [1.165, 1.54) is 60.8 Å². The minimum absolute atomic E-state index is 0.00359. The van der Waals surface area contributed by atoms with Crippen LogP contribution in [-0.4, -0.2) is 227 Å². The summed E-state index contributed by atoms with van der Waals surface area (Å²) in [5.74, 6) is 0.356. The van der Waals surface area contributed by atoms with Gasteiger partial charge in [0.2, 0.25) is 0 Å². The number of carbonyl (C=O) groups is 4. The number of halogens is 11. The number of aromatic nitrogens is 10. The number of imidazole rings is 1. The first-order chi connectivity index (χ1) is 53.7. The highest BCUT2D eigenvalue weighted by atomic mass is 35.6. The molecule has 0 bridgehead atoms. The first-order valence-electron chi connectivity index (χ1n) is 34.3. The van der Waals surface area contributed by atoms with Crippen LogP contribution in [-0.2, 0) is 120 Å². The summed E-state index contributed by atoms with van der Waals surface area (Å²) in [6.07, 6.45) is -3.33. The van der Waals surface area contributed by atoms with Crippen molar-refractivity contribution < 1.29 is 112 Å². The van der Waals surface area contributed by atoms with Gasteiger partial charge >= 0.3 is 50.8 Å². The lowest BCUT2D eigenvalue weighted by atomic mass is 10.1. The number of aliphatic hydroxyl groups is 1. The lowest BCUT2D eigenvalue weighted by molar-refractivity contribution is -0.138. The summed E-state index contributed by atoms with van der Waals surface area (Å²) in [4.78, 5) is 105. The molecule has 5 aromatic heterocycles. The van der Waals surface area contributed by atoms with Gasteiger partial charge in [-0.15, -0.1) is 0 Å². The number of nitrogens with zero attached hydrogens (tertiary/aromatic N) is 11. The van der Waals surface area contributed by atoms with Crippen molar-refractivity contribution in [3.05, 3.63) is 148 Å². The molecule has 1 N–H and O–H groups in total. The SMILES string of the molecule is CCCn1c(=O)c2c(n(CC)c1=O)N=C(c1cnn(Cc3cccc(C(F)(F)F)c3)c1)C2.CCCn1c(=O)c2c(nc(-c3cnn(Cc4cccc(C(F)(F)F)c4)c3)n2C(=O)OCCOCCOC)n(CC)c1=O.COC(=O)OC(Cl)(Cl)Cl.COCCOCCO.COCCOCCOC(=O)Cl.COCCOCCOC(=O)Cl. The second-order valence-electron chi connectivity index (χ2n) is 22.6. The Hall–Kier alpha value is -8.29. The van der Waals surface area contributed by atoms with Gasteiger partial charge in [-0.2, -0.15) is 36.5 Å². The average Bonchev–Trinajstić information content (AvgIpc) is 1.59. The molecule has 33 nitrogen and oxygen atoms in total. The molecule has 0 radical (unpaired) electrons. The van der Waals surface area contributed by atoms with E-state index in [0.29, 0.717) is 132 Å². The van der Waals surface area contributed by atoms with Gasteiger partial charge in [-0.05, 0) is 96.9 Å². The van der Waals surface area contributed by atoms with Gasteiger partial charge < -0.3 is 66.7 Å². The fraction of sp³-hybridized carbons (Fsp3) is 0.536. The molecule has 0 fully saturated rings. The van der Waals surface area contributed by atoms with Crippen molar-refractivity contribution in [1.29, 1.82) is 0 Å².